The smallest absolute Gasteiger partial charge is 0.254 e. The van der Waals surface area contributed by atoms with Crippen LogP contribution in [0.1, 0.15) is 68.9 Å². The zero-order valence-corrected chi connectivity index (χ0v) is 16.9. The molecule has 27 heavy (non-hydrogen) atoms. The van der Waals surface area contributed by atoms with Crippen LogP contribution in [-0.2, 0) is 10.2 Å². The number of ether oxygens (including phenoxy) is 1. The van der Waals surface area contributed by atoms with E-state index >= 15 is 0 Å². The van der Waals surface area contributed by atoms with Crippen LogP contribution in [0.15, 0.2) is 42.7 Å². The van der Waals surface area contributed by atoms with Crippen molar-refractivity contribution in [3.63, 3.8) is 0 Å². The van der Waals surface area contributed by atoms with E-state index in [1.807, 2.05) is 20.0 Å². The van der Waals surface area contributed by atoms with Crippen molar-refractivity contribution in [3.8, 4) is 0 Å². The lowest BCUT2D eigenvalue weighted by Crippen LogP contribution is -2.45. The van der Waals surface area contributed by atoms with Crippen molar-refractivity contribution in [1.29, 1.82) is 0 Å². The summed E-state index contributed by atoms with van der Waals surface area (Å²) < 4.78 is 7.77. The number of nitrogens with zero attached hydrogens (tertiary/aromatic N) is 2. The highest BCUT2D eigenvalue weighted by molar-refractivity contribution is 5.93. The number of nitrogens with one attached hydrogen (secondary N) is 1. The predicted molar refractivity (Wildman–Crippen MR) is 107 cm³/mol. The average Bonchev–Trinajstić information content (AvgIpc) is 3.12. The zero-order chi connectivity index (χ0) is 19.5. The van der Waals surface area contributed by atoms with E-state index in [2.05, 4.69) is 54.6 Å². The molecule has 1 unspecified atom stereocenters. The molecule has 1 atom stereocenters. The first-order valence-corrected chi connectivity index (χ1v) is 9.83. The van der Waals surface area contributed by atoms with Crippen molar-refractivity contribution >= 4 is 5.91 Å². The van der Waals surface area contributed by atoms with Gasteiger partial charge in [0, 0.05) is 30.8 Å². The van der Waals surface area contributed by atoms with Gasteiger partial charge in [0.05, 0.1) is 17.4 Å². The summed E-state index contributed by atoms with van der Waals surface area (Å²) in [7, 11) is 0. The van der Waals surface area contributed by atoms with E-state index in [-0.39, 0.29) is 23.0 Å². The molecule has 146 valence electrons. The fourth-order valence-corrected chi connectivity index (χ4v) is 4.13. The first-order chi connectivity index (χ1) is 12.8. The monoisotopic (exact) mass is 369 g/mol. The Kier molecular flexibility index (Phi) is 5.70. The Morgan fingerprint density at radius 3 is 2.67 bits per heavy atom. The Bertz CT molecular complexity index is 767. The van der Waals surface area contributed by atoms with Crippen LogP contribution in [0.2, 0.25) is 0 Å². The van der Waals surface area contributed by atoms with Crippen LogP contribution in [0.3, 0.4) is 0 Å². The van der Waals surface area contributed by atoms with Crippen molar-refractivity contribution in [2.24, 2.45) is 0 Å². The van der Waals surface area contributed by atoms with E-state index in [0.717, 1.165) is 25.9 Å². The molecule has 0 radical (unpaired) electrons. The van der Waals surface area contributed by atoms with Crippen LogP contribution in [0, 0.1) is 0 Å². The number of carbonyl (C=O) groups is 1. The third-order valence-corrected chi connectivity index (χ3v) is 5.51. The quantitative estimate of drug-likeness (QED) is 0.834. The molecule has 0 bridgehead atoms. The van der Waals surface area contributed by atoms with Gasteiger partial charge in [-0.15, -0.1) is 0 Å². The van der Waals surface area contributed by atoms with Gasteiger partial charge in [-0.2, -0.15) is 5.10 Å². The molecule has 0 aliphatic carbocycles. The summed E-state index contributed by atoms with van der Waals surface area (Å²) in [6.07, 6.45) is 6.27. The predicted octanol–water partition coefficient (Wildman–Crippen LogP) is 4.11. The molecule has 3 rings (SSSR count). The maximum absolute atomic E-state index is 12.5. The topological polar surface area (TPSA) is 56.2 Å². The molecule has 1 aliphatic rings. The molecule has 1 fully saturated rings. The van der Waals surface area contributed by atoms with Gasteiger partial charge in [0.15, 0.2) is 0 Å². The molecule has 2 aromatic rings. The summed E-state index contributed by atoms with van der Waals surface area (Å²) in [6, 6.07) is 10.9. The van der Waals surface area contributed by atoms with E-state index < -0.39 is 0 Å². The van der Waals surface area contributed by atoms with Gasteiger partial charge >= 0.3 is 0 Å². The molecular formula is C22H31N3O2. The molecule has 1 N–H and O–H groups in total. The number of benzene rings is 1. The number of hydrogen-bond acceptors (Lipinski definition) is 3. The summed E-state index contributed by atoms with van der Waals surface area (Å²) in [4.78, 5) is 12.5. The molecule has 1 aromatic carbocycles. The summed E-state index contributed by atoms with van der Waals surface area (Å²) in [6.45, 7) is 9.79. The minimum atomic E-state index is -0.156. The number of aromatic nitrogens is 2. The molecule has 1 amide bonds. The second kappa shape index (κ2) is 7.85. The van der Waals surface area contributed by atoms with Gasteiger partial charge in [-0.3, -0.25) is 9.48 Å². The third-order valence-electron chi connectivity index (χ3n) is 5.51. The van der Waals surface area contributed by atoms with Crippen molar-refractivity contribution in [3.05, 3.63) is 53.9 Å². The van der Waals surface area contributed by atoms with Gasteiger partial charge in [-0.05, 0) is 52.5 Å². The van der Waals surface area contributed by atoms with Crippen molar-refractivity contribution in [1.82, 2.24) is 15.1 Å². The van der Waals surface area contributed by atoms with Gasteiger partial charge in [-0.1, -0.05) is 30.3 Å². The Hall–Kier alpha value is -2.14. The second-order valence-electron chi connectivity index (χ2n) is 8.49. The minimum Gasteiger partial charge on any atom is -0.376 e. The molecule has 5 heteroatoms. The summed E-state index contributed by atoms with van der Waals surface area (Å²) in [5.41, 5.74) is 1.82. The van der Waals surface area contributed by atoms with Crippen LogP contribution in [0.25, 0.3) is 0 Å². The average molecular weight is 370 g/mol. The highest BCUT2D eigenvalue weighted by Crippen LogP contribution is 2.43. The molecule has 0 spiro atoms. The lowest BCUT2D eigenvalue weighted by molar-refractivity contribution is -0.0838. The summed E-state index contributed by atoms with van der Waals surface area (Å²) >= 11 is 0. The first-order valence-electron chi connectivity index (χ1n) is 9.83. The standard InChI is InChI=1S/C22H31N3O2/c1-17(2)25-15-18(14-24-25)20(26)23-12-10-22(19-8-6-5-7-9-19)11-13-27-21(3,4)16-22/h5-9,14-15,17H,10-13,16H2,1-4H3,(H,23,26). The van der Waals surface area contributed by atoms with Crippen molar-refractivity contribution in [2.45, 2.75) is 64.0 Å². The normalized spacial score (nSPS) is 22.0. The zero-order valence-electron chi connectivity index (χ0n) is 16.9. The van der Waals surface area contributed by atoms with Crippen molar-refractivity contribution < 1.29 is 9.53 Å². The number of carbonyl (C=O) groups excluding carboxylic acids is 1. The number of hydrogen-bond donors (Lipinski definition) is 1. The summed E-state index contributed by atoms with van der Waals surface area (Å²) in [5.74, 6) is -0.0589. The minimum absolute atomic E-state index is 0.0262. The molecule has 1 aliphatic heterocycles. The second-order valence-corrected chi connectivity index (χ2v) is 8.49. The fourth-order valence-electron chi connectivity index (χ4n) is 4.13. The van der Waals surface area contributed by atoms with E-state index in [0.29, 0.717) is 12.1 Å². The Morgan fingerprint density at radius 2 is 2.04 bits per heavy atom. The SMILES string of the molecule is CC(C)n1cc(C(=O)NCCC2(c3ccccc3)CCOC(C)(C)C2)cn1. The Labute approximate surface area is 162 Å². The van der Waals surface area contributed by atoms with Gasteiger partial charge in [0.2, 0.25) is 0 Å². The maximum Gasteiger partial charge on any atom is 0.254 e. The lowest BCUT2D eigenvalue weighted by atomic mass is 9.67. The van der Waals surface area contributed by atoms with Crippen LogP contribution in [0.5, 0.6) is 0 Å². The molecule has 2 heterocycles. The molecule has 1 aromatic heterocycles. The summed E-state index contributed by atoms with van der Waals surface area (Å²) in [5, 5.41) is 7.34. The van der Waals surface area contributed by atoms with Crippen LogP contribution in [0.4, 0.5) is 0 Å². The van der Waals surface area contributed by atoms with E-state index in [4.69, 9.17) is 4.74 Å². The van der Waals surface area contributed by atoms with Gasteiger partial charge in [0.1, 0.15) is 0 Å². The number of amides is 1. The molecular weight excluding hydrogens is 338 g/mol. The largest absolute Gasteiger partial charge is 0.376 e. The Balaban J connectivity index is 1.69. The van der Waals surface area contributed by atoms with Gasteiger partial charge in [-0.25, -0.2) is 0 Å². The van der Waals surface area contributed by atoms with E-state index in [1.54, 1.807) is 10.9 Å². The molecule has 1 saturated heterocycles. The van der Waals surface area contributed by atoms with E-state index in [1.165, 1.54) is 5.56 Å². The highest BCUT2D eigenvalue weighted by atomic mass is 16.5. The highest BCUT2D eigenvalue weighted by Gasteiger charge is 2.41. The van der Waals surface area contributed by atoms with Crippen LogP contribution >= 0.6 is 0 Å². The van der Waals surface area contributed by atoms with Crippen LogP contribution in [-0.4, -0.2) is 34.4 Å². The van der Waals surface area contributed by atoms with Gasteiger partial charge in [0.25, 0.3) is 5.91 Å². The van der Waals surface area contributed by atoms with E-state index in [9.17, 15) is 4.79 Å². The fraction of sp³-hybridized carbons (Fsp3) is 0.545. The lowest BCUT2D eigenvalue weighted by Gasteiger charge is -2.45. The molecule has 5 nitrogen and oxygen atoms in total. The first kappa shape index (κ1) is 19.6. The molecule has 0 saturated carbocycles. The van der Waals surface area contributed by atoms with Gasteiger partial charge < -0.3 is 10.1 Å². The third kappa shape index (κ3) is 4.59. The maximum atomic E-state index is 12.5. The van der Waals surface area contributed by atoms with Crippen LogP contribution < -0.4 is 5.32 Å². The van der Waals surface area contributed by atoms with Crippen molar-refractivity contribution in [2.75, 3.05) is 13.2 Å². The Morgan fingerprint density at radius 1 is 1.30 bits per heavy atom. The number of rotatable bonds is 6.